The summed E-state index contributed by atoms with van der Waals surface area (Å²) in [6.07, 6.45) is 1.56. The second kappa shape index (κ2) is 9.87. The zero-order valence-corrected chi connectivity index (χ0v) is 20.9. The van der Waals surface area contributed by atoms with Crippen LogP contribution in [0.4, 0.5) is 5.69 Å². The number of benzene rings is 3. The number of carbonyl (C=O) groups is 2. The Labute approximate surface area is 215 Å². The lowest BCUT2D eigenvalue weighted by Crippen LogP contribution is -2.35. The van der Waals surface area contributed by atoms with E-state index in [1.165, 1.54) is 5.01 Å². The standard InChI is InChI=1S/C26H21IN2O6/c1-2-32-23-13-17(10-19-25(30)28-29(26(19)31)18-6-4-3-5-7-18)11-20(27)24(23)33-14-16-8-9-21-22(12-16)35-15-34-21/h3-13H,2,14-15H2,1H3,(H,28,30)/b19-10-. The quantitative estimate of drug-likeness (QED) is 0.251. The van der Waals surface area contributed by atoms with Gasteiger partial charge in [0, 0.05) is 0 Å². The maximum Gasteiger partial charge on any atom is 0.282 e. The predicted molar refractivity (Wildman–Crippen MR) is 137 cm³/mol. The first-order chi connectivity index (χ1) is 17.0. The van der Waals surface area contributed by atoms with E-state index in [-0.39, 0.29) is 12.4 Å². The Balaban J connectivity index is 1.39. The van der Waals surface area contributed by atoms with Crippen LogP contribution in [0.2, 0.25) is 0 Å². The fourth-order valence-corrected chi connectivity index (χ4v) is 4.52. The molecule has 0 saturated carbocycles. The largest absolute Gasteiger partial charge is 0.490 e. The van der Waals surface area contributed by atoms with Gasteiger partial charge in [0.25, 0.3) is 11.8 Å². The Morgan fingerprint density at radius 3 is 2.63 bits per heavy atom. The highest BCUT2D eigenvalue weighted by Crippen LogP contribution is 2.37. The topological polar surface area (TPSA) is 86.3 Å². The summed E-state index contributed by atoms with van der Waals surface area (Å²) >= 11 is 2.16. The van der Waals surface area contributed by atoms with E-state index in [1.807, 2.05) is 37.3 Å². The number of hydrazine groups is 1. The molecule has 0 unspecified atom stereocenters. The zero-order chi connectivity index (χ0) is 24.4. The number of rotatable bonds is 7. The van der Waals surface area contributed by atoms with Gasteiger partial charge in [-0.25, -0.2) is 5.01 Å². The van der Waals surface area contributed by atoms with Crippen LogP contribution in [-0.4, -0.2) is 25.2 Å². The normalized spacial score (nSPS) is 15.5. The zero-order valence-electron chi connectivity index (χ0n) is 18.7. The molecule has 0 bridgehead atoms. The highest BCUT2D eigenvalue weighted by molar-refractivity contribution is 14.1. The van der Waals surface area contributed by atoms with Crippen molar-refractivity contribution in [3.63, 3.8) is 0 Å². The number of para-hydroxylation sites is 1. The van der Waals surface area contributed by atoms with E-state index < -0.39 is 11.8 Å². The van der Waals surface area contributed by atoms with Crippen molar-refractivity contribution in [2.45, 2.75) is 13.5 Å². The highest BCUT2D eigenvalue weighted by atomic mass is 127. The number of anilines is 1. The number of fused-ring (bicyclic) bond motifs is 1. The summed E-state index contributed by atoms with van der Waals surface area (Å²) in [5.74, 6) is 1.63. The van der Waals surface area contributed by atoms with Crippen LogP contribution in [0.3, 0.4) is 0 Å². The number of hydrogen-bond acceptors (Lipinski definition) is 6. The first-order valence-electron chi connectivity index (χ1n) is 10.9. The molecule has 1 fully saturated rings. The van der Waals surface area contributed by atoms with Gasteiger partial charge in [0.15, 0.2) is 23.0 Å². The van der Waals surface area contributed by atoms with Crippen LogP contribution < -0.4 is 29.4 Å². The predicted octanol–water partition coefficient (Wildman–Crippen LogP) is 4.46. The van der Waals surface area contributed by atoms with Crippen LogP contribution in [0.5, 0.6) is 23.0 Å². The number of nitrogens with zero attached hydrogens (tertiary/aromatic N) is 1. The molecule has 3 aromatic rings. The number of carbonyl (C=O) groups excluding carboxylic acids is 2. The molecular formula is C26H21IN2O6. The van der Waals surface area contributed by atoms with Crippen molar-refractivity contribution in [3.05, 3.63) is 80.9 Å². The molecule has 0 atom stereocenters. The lowest BCUT2D eigenvalue weighted by Gasteiger charge is -2.15. The van der Waals surface area contributed by atoms with E-state index >= 15 is 0 Å². The first kappa shape index (κ1) is 23.0. The fourth-order valence-electron chi connectivity index (χ4n) is 3.74. The van der Waals surface area contributed by atoms with Crippen LogP contribution >= 0.6 is 22.6 Å². The molecular weight excluding hydrogens is 563 g/mol. The SMILES string of the molecule is CCOc1cc(/C=C2/C(=O)NN(c3ccccc3)C2=O)cc(I)c1OCc1ccc2c(c1)OCO2. The van der Waals surface area contributed by atoms with Crippen LogP contribution in [0, 0.1) is 3.57 Å². The molecule has 2 heterocycles. The average molecular weight is 584 g/mol. The summed E-state index contributed by atoms with van der Waals surface area (Å²) < 4.78 is 23.5. The molecule has 0 spiro atoms. The molecule has 0 aromatic heterocycles. The molecule has 8 nitrogen and oxygen atoms in total. The van der Waals surface area contributed by atoms with Gasteiger partial charge in [0.1, 0.15) is 12.2 Å². The van der Waals surface area contributed by atoms with Gasteiger partial charge in [-0.3, -0.25) is 15.0 Å². The second-order valence-corrected chi connectivity index (χ2v) is 8.88. The van der Waals surface area contributed by atoms with E-state index in [0.717, 1.165) is 9.13 Å². The lowest BCUT2D eigenvalue weighted by molar-refractivity contribution is -0.117. The van der Waals surface area contributed by atoms with Gasteiger partial charge in [0.2, 0.25) is 6.79 Å². The number of hydrogen-bond donors (Lipinski definition) is 1. The minimum Gasteiger partial charge on any atom is -0.490 e. The van der Waals surface area contributed by atoms with E-state index in [2.05, 4.69) is 28.0 Å². The number of halogens is 1. The Bertz CT molecular complexity index is 1320. The molecule has 9 heteroatoms. The van der Waals surface area contributed by atoms with Crippen molar-refractivity contribution in [3.8, 4) is 23.0 Å². The monoisotopic (exact) mass is 584 g/mol. The molecule has 0 radical (unpaired) electrons. The smallest absolute Gasteiger partial charge is 0.282 e. The molecule has 5 rings (SSSR count). The van der Waals surface area contributed by atoms with Gasteiger partial charge < -0.3 is 18.9 Å². The van der Waals surface area contributed by atoms with Crippen molar-refractivity contribution in [1.29, 1.82) is 0 Å². The van der Waals surface area contributed by atoms with Crippen LogP contribution in [-0.2, 0) is 16.2 Å². The molecule has 0 aliphatic carbocycles. The lowest BCUT2D eigenvalue weighted by atomic mass is 10.1. The molecule has 3 aromatic carbocycles. The summed E-state index contributed by atoms with van der Waals surface area (Å²) in [6, 6.07) is 18.2. The molecule has 1 saturated heterocycles. The van der Waals surface area contributed by atoms with Crippen LogP contribution in [0.15, 0.2) is 66.2 Å². The van der Waals surface area contributed by atoms with E-state index in [1.54, 1.807) is 36.4 Å². The third-order valence-corrected chi connectivity index (χ3v) is 6.17. The molecule has 35 heavy (non-hydrogen) atoms. The Morgan fingerprint density at radius 1 is 1.03 bits per heavy atom. The molecule has 1 N–H and O–H groups in total. The highest BCUT2D eigenvalue weighted by Gasteiger charge is 2.34. The van der Waals surface area contributed by atoms with Crippen molar-refractivity contribution in [1.82, 2.24) is 5.43 Å². The Hall–Kier alpha value is -3.73. The van der Waals surface area contributed by atoms with Crippen molar-refractivity contribution in [2.24, 2.45) is 0 Å². The second-order valence-electron chi connectivity index (χ2n) is 7.71. The minimum absolute atomic E-state index is 0.0427. The number of ether oxygens (including phenoxy) is 4. The number of amides is 2. The summed E-state index contributed by atoms with van der Waals surface area (Å²) in [7, 11) is 0. The summed E-state index contributed by atoms with van der Waals surface area (Å²) in [6.45, 7) is 2.83. The summed E-state index contributed by atoms with van der Waals surface area (Å²) in [4.78, 5) is 25.5. The van der Waals surface area contributed by atoms with Crippen molar-refractivity contribution < 1.29 is 28.5 Å². The van der Waals surface area contributed by atoms with Crippen molar-refractivity contribution in [2.75, 3.05) is 18.4 Å². The Morgan fingerprint density at radius 2 is 1.83 bits per heavy atom. The van der Waals surface area contributed by atoms with Gasteiger partial charge in [0.05, 0.1) is 15.9 Å². The molecule has 2 amide bonds. The third-order valence-electron chi connectivity index (χ3n) is 5.37. The summed E-state index contributed by atoms with van der Waals surface area (Å²) in [5.41, 5.74) is 4.82. The third kappa shape index (κ3) is 4.76. The minimum atomic E-state index is -0.463. The van der Waals surface area contributed by atoms with Crippen LogP contribution in [0.1, 0.15) is 18.1 Å². The number of nitrogens with one attached hydrogen (secondary N) is 1. The van der Waals surface area contributed by atoms with Gasteiger partial charge in [-0.15, -0.1) is 0 Å². The first-order valence-corrected chi connectivity index (χ1v) is 12.0. The van der Waals surface area contributed by atoms with E-state index in [9.17, 15) is 9.59 Å². The maximum atomic E-state index is 12.9. The molecule has 2 aliphatic heterocycles. The van der Waals surface area contributed by atoms with E-state index in [0.29, 0.717) is 47.5 Å². The fraction of sp³-hybridized carbons (Fsp3) is 0.154. The maximum absolute atomic E-state index is 12.9. The van der Waals surface area contributed by atoms with Gasteiger partial charge in [-0.1, -0.05) is 24.3 Å². The van der Waals surface area contributed by atoms with Gasteiger partial charge >= 0.3 is 0 Å². The molecule has 2 aliphatic rings. The molecule has 178 valence electrons. The Kier molecular flexibility index (Phi) is 6.49. The van der Waals surface area contributed by atoms with E-state index in [4.69, 9.17) is 18.9 Å². The van der Waals surface area contributed by atoms with Crippen LogP contribution in [0.25, 0.3) is 6.08 Å². The summed E-state index contributed by atoms with van der Waals surface area (Å²) in [5, 5.41) is 1.24. The van der Waals surface area contributed by atoms with Crippen molar-refractivity contribution >= 4 is 46.2 Å². The average Bonchev–Trinajstić information content (AvgIpc) is 3.44. The van der Waals surface area contributed by atoms with Gasteiger partial charge in [-0.2, -0.15) is 0 Å². The van der Waals surface area contributed by atoms with Gasteiger partial charge in [-0.05, 0) is 83.1 Å².